The van der Waals surface area contributed by atoms with Crippen LogP contribution in [0.15, 0.2) is 41.0 Å². The first-order valence-electron chi connectivity index (χ1n) is 7.22. The zero-order valence-corrected chi connectivity index (χ0v) is 14.5. The third-order valence-corrected chi connectivity index (χ3v) is 4.20. The molecule has 2 heterocycles. The van der Waals surface area contributed by atoms with Crippen molar-refractivity contribution in [1.29, 1.82) is 0 Å². The van der Waals surface area contributed by atoms with E-state index in [2.05, 4.69) is 26.8 Å². The third-order valence-electron chi connectivity index (χ3n) is 3.17. The number of aromatic amines is 1. The summed E-state index contributed by atoms with van der Waals surface area (Å²) in [5.74, 6) is -0.370. The summed E-state index contributed by atoms with van der Waals surface area (Å²) in [6.45, 7) is 3.96. The summed E-state index contributed by atoms with van der Waals surface area (Å²) in [6, 6.07) is 4.78. The number of H-pyrrole nitrogens is 1. The number of fused-ring (bicyclic) bond motifs is 1. The molecule has 0 saturated heterocycles. The first kappa shape index (κ1) is 17.1. The molecule has 0 radical (unpaired) electrons. The van der Waals surface area contributed by atoms with Crippen LogP contribution >= 0.6 is 22.9 Å². The Balaban J connectivity index is 1.71. The quantitative estimate of drug-likeness (QED) is 0.507. The second-order valence-corrected chi connectivity index (χ2v) is 6.25. The maximum Gasteiger partial charge on any atom is 0.358 e. The minimum absolute atomic E-state index is 0.177. The molecule has 3 aromatic rings. The number of nitrogens with one attached hydrogen (secondary N) is 2. The van der Waals surface area contributed by atoms with E-state index in [0.717, 1.165) is 0 Å². The highest BCUT2D eigenvalue weighted by molar-refractivity contribution is 7.13. The van der Waals surface area contributed by atoms with Gasteiger partial charge in [0.05, 0.1) is 10.9 Å². The molecule has 7 nitrogen and oxygen atoms in total. The van der Waals surface area contributed by atoms with Crippen molar-refractivity contribution in [1.82, 2.24) is 15.0 Å². The van der Waals surface area contributed by atoms with Gasteiger partial charge < -0.3 is 15.0 Å². The fraction of sp³-hybridized carbons (Fsp3) is 0.125. The van der Waals surface area contributed by atoms with Gasteiger partial charge in [0.2, 0.25) is 0 Å². The maximum absolute atomic E-state index is 12.0. The Hall–Kier alpha value is -2.71. The average Bonchev–Trinajstić information content (AvgIpc) is 3.06. The lowest BCUT2D eigenvalue weighted by atomic mass is 10.2. The van der Waals surface area contributed by atoms with Crippen LogP contribution in [0.4, 0.5) is 5.13 Å². The second kappa shape index (κ2) is 7.45. The summed E-state index contributed by atoms with van der Waals surface area (Å²) in [6.07, 6.45) is 1.69. The van der Waals surface area contributed by atoms with E-state index in [-0.39, 0.29) is 23.7 Å². The summed E-state index contributed by atoms with van der Waals surface area (Å²) < 4.78 is 5.16. The zero-order valence-electron chi connectivity index (χ0n) is 12.9. The lowest BCUT2D eigenvalue weighted by Gasteiger charge is -2.04. The molecule has 0 aliphatic carbocycles. The topological polar surface area (TPSA) is 97.0 Å². The fourth-order valence-corrected chi connectivity index (χ4v) is 2.90. The second-order valence-electron chi connectivity index (χ2n) is 4.96. The first-order valence-corrected chi connectivity index (χ1v) is 8.48. The highest BCUT2D eigenvalue weighted by Gasteiger charge is 2.13. The smallest absolute Gasteiger partial charge is 0.358 e. The minimum Gasteiger partial charge on any atom is -0.453 e. The van der Waals surface area contributed by atoms with E-state index in [4.69, 9.17) is 16.3 Å². The molecule has 2 N–H and O–H groups in total. The van der Waals surface area contributed by atoms with E-state index in [0.29, 0.717) is 27.6 Å². The van der Waals surface area contributed by atoms with Crippen LogP contribution in [-0.4, -0.2) is 27.5 Å². The zero-order chi connectivity index (χ0) is 17.8. The molecule has 1 aromatic carbocycles. The lowest BCUT2D eigenvalue weighted by Crippen LogP contribution is -2.14. The SMILES string of the molecule is C=CCNc1nc(C(=O)OCc2nc3cc(Cl)ccc3c(=O)[nH]2)cs1. The minimum atomic E-state index is -0.600. The third kappa shape index (κ3) is 4.04. The summed E-state index contributed by atoms with van der Waals surface area (Å²) in [4.78, 5) is 35.0. The Bertz CT molecular complexity index is 998. The molecule has 25 heavy (non-hydrogen) atoms. The Labute approximate surface area is 151 Å². The number of ether oxygens (including phenoxy) is 1. The molecule has 0 unspecified atom stereocenters. The summed E-state index contributed by atoms with van der Waals surface area (Å²) in [7, 11) is 0. The predicted octanol–water partition coefficient (Wildman–Crippen LogP) is 2.99. The number of carbonyl (C=O) groups excluding carboxylic acids is 1. The number of anilines is 1. The number of esters is 1. The maximum atomic E-state index is 12.0. The molecule has 128 valence electrons. The van der Waals surface area contributed by atoms with Crippen LogP contribution in [0.2, 0.25) is 5.02 Å². The van der Waals surface area contributed by atoms with E-state index in [9.17, 15) is 9.59 Å². The molecule has 0 amide bonds. The van der Waals surface area contributed by atoms with E-state index in [1.807, 2.05) is 0 Å². The number of benzene rings is 1. The molecule has 9 heteroatoms. The first-order chi connectivity index (χ1) is 12.1. The molecule has 2 aromatic heterocycles. The highest BCUT2D eigenvalue weighted by atomic mass is 35.5. The lowest BCUT2D eigenvalue weighted by molar-refractivity contribution is 0.0456. The summed E-state index contributed by atoms with van der Waals surface area (Å²) in [5, 5.41) is 6.05. The van der Waals surface area contributed by atoms with Crippen LogP contribution in [0, 0.1) is 0 Å². The molecule has 0 bridgehead atoms. The number of nitrogens with zero attached hydrogens (tertiary/aromatic N) is 2. The summed E-state index contributed by atoms with van der Waals surface area (Å²) >= 11 is 7.20. The molecule has 0 atom stereocenters. The predicted molar refractivity (Wildman–Crippen MR) is 97.3 cm³/mol. The van der Waals surface area contributed by atoms with Crippen molar-refractivity contribution in [3.63, 3.8) is 0 Å². The monoisotopic (exact) mass is 376 g/mol. The Kier molecular flexibility index (Phi) is 5.11. The van der Waals surface area contributed by atoms with Crippen molar-refractivity contribution in [2.24, 2.45) is 0 Å². The molecule has 0 aliphatic heterocycles. The number of aromatic nitrogens is 3. The number of rotatable bonds is 6. The number of hydrogen-bond acceptors (Lipinski definition) is 7. The van der Waals surface area contributed by atoms with E-state index in [1.54, 1.807) is 29.7 Å². The van der Waals surface area contributed by atoms with Crippen molar-refractivity contribution < 1.29 is 9.53 Å². The van der Waals surface area contributed by atoms with Gasteiger partial charge in [-0.2, -0.15) is 0 Å². The van der Waals surface area contributed by atoms with E-state index >= 15 is 0 Å². The largest absolute Gasteiger partial charge is 0.453 e. The molecule has 0 saturated carbocycles. The number of carbonyl (C=O) groups is 1. The number of hydrogen-bond donors (Lipinski definition) is 2. The van der Waals surface area contributed by atoms with E-state index in [1.165, 1.54) is 11.3 Å². The van der Waals surface area contributed by atoms with Gasteiger partial charge in [0.25, 0.3) is 5.56 Å². The molecule has 3 rings (SSSR count). The highest BCUT2D eigenvalue weighted by Crippen LogP contribution is 2.17. The summed E-state index contributed by atoms with van der Waals surface area (Å²) in [5.41, 5.74) is 0.298. The number of thiazole rings is 1. The van der Waals surface area contributed by atoms with Crippen LogP contribution in [0.25, 0.3) is 10.9 Å². The van der Waals surface area contributed by atoms with Gasteiger partial charge in [-0.05, 0) is 18.2 Å². The van der Waals surface area contributed by atoms with Gasteiger partial charge in [-0.25, -0.2) is 14.8 Å². The van der Waals surface area contributed by atoms with Crippen molar-refractivity contribution in [3.8, 4) is 0 Å². The van der Waals surface area contributed by atoms with Gasteiger partial charge in [-0.1, -0.05) is 17.7 Å². The van der Waals surface area contributed by atoms with Gasteiger partial charge >= 0.3 is 5.97 Å². The van der Waals surface area contributed by atoms with Gasteiger partial charge in [0, 0.05) is 16.9 Å². The van der Waals surface area contributed by atoms with Gasteiger partial charge in [0.15, 0.2) is 10.8 Å². The molecule has 0 aliphatic rings. The standard InChI is InChI=1S/C16H13ClN4O3S/c1-2-5-18-16-20-12(8-25-16)15(23)24-7-13-19-11-6-9(17)3-4-10(11)14(22)21-13/h2-4,6,8H,1,5,7H2,(H,18,20)(H,19,21,22). The fourth-order valence-electron chi connectivity index (χ4n) is 2.05. The van der Waals surface area contributed by atoms with Crippen molar-refractivity contribution in [2.45, 2.75) is 6.61 Å². The van der Waals surface area contributed by atoms with Crippen molar-refractivity contribution in [2.75, 3.05) is 11.9 Å². The number of halogens is 1. The normalized spacial score (nSPS) is 10.6. The van der Waals surface area contributed by atoms with Crippen LogP contribution < -0.4 is 10.9 Å². The Morgan fingerprint density at radius 1 is 1.44 bits per heavy atom. The molecular weight excluding hydrogens is 364 g/mol. The van der Waals surface area contributed by atoms with Crippen LogP contribution in [0.1, 0.15) is 16.3 Å². The van der Waals surface area contributed by atoms with Crippen LogP contribution in [0.5, 0.6) is 0 Å². The van der Waals surface area contributed by atoms with Crippen molar-refractivity contribution >= 4 is 44.9 Å². The van der Waals surface area contributed by atoms with Crippen molar-refractivity contribution in [3.05, 3.63) is 63.1 Å². The average molecular weight is 377 g/mol. The van der Waals surface area contributed by atoms with E-state index < -0.39 is 5.97 Å². The van der Waals surface area contributed by atoms with Gasteiger partial charge in [0.1, 0.15) is 12.4 Å². The Morgan fingerprint density at radius 3 is 3.08 bits per heavy atom. The molecule has 0 fully saturated rings. The van der Waals surface area contributed by atoms with Gasteiger partial charge in [-0.15, -0.1) is 17.9 Å². The van der Waals surface area contributed by atoms with Crippen LogP contribution in [-0.2, 0) is 11.3 Å². The molecular formula is C16H13ClN4O3S. The van der Waals surface area contributed by atoms with Crippen LogP contribution in [0.3, 0.4) is 0 Å². The van der Waals surface area contributed by atoms with Gasteiger partial charge in [-0.3, -0.25) is 4.79 Å². The Morgan fingerprint density at radius 2 is 2.28 bits per heavy atom. The molecule has 0 spiro atoms.